The molecule has 0 unspecified atom stereocenters. The molecule has 2 amide bonds. The van der Waals surface area contributed by atoms with Crippen molar-refractivity contribution in [2.24, 2.45) is 0 Å². The average Bonchev–Trinajstić information content (AvgIpc) is 2.96. The highest BCUT2D eigenvalue weighted by Gasteiger charge is 2.29. The molecule has 0 atom stereocenters. The monoisotopic (exact) mass is 237 g/mol. The number of amides is 2. The summed E-state index contributed by atoms with van der Waals surface area (Å²) in [5.41, 5.74) is 0.895. The quantitative estimate of drug-likeness (QED) is 0.755. The minimum absolute atomic E-state index is 0.0564. The first kappa shape index (κ1) is 11.6. The number of nitrogens with one attached hydrogen (secondary N) is 2. The number of hydrogen-bond acceptors (Lipinski definition) is 4. The van der Waals surface area contributed by atoms with Gasteiger partial charge in [0.05, 0.1) is 0 Å². The maximum absolute atomic E-state index is 12.0. The normalized spacial score (nSPS) is 14.8. The van der Waals surface area contributed by atoms with Gasteiger partial charge in [-0.1, -0.05) is 19.0 Å². The third-order valence-electron chi connectivity index (χ3n) is 2.60. The Morgan fingerprint density at radius 2 is 2.24 bits per heavy atom. The summed E-state index contributed by atoms with van der Waals surface area (Å²) in [4.78, 5) is 22.4. The number of hydrogen-bond donors (Lipinski definition) is 2. The van der Waals surface area contributed by atoms with E-state index in [0.717, 1.165) is 12.8 Å². The molecule has 0 bridgehead atoms. The van der Waals surface area contributed by atoms with Crippen molar-refractivity contribution in [1.29, 1.82) is 0 Å². The van der Waals surface area contributed by atoms with Gasteiger partial charge in [-0.3, -0.25) is 14.9 Å². The maximum atomic E-state index is 12.0. The zero-order valence-electron chi connectivity index (χ0n) is 9.82. The summed E-state index contributed by atoms with van der Waals surface area (Å²) < 4.78 is 4.97. The second kappa shape index (κ2) is 4.57. The fourth-order valence-electron chi connectivity index (χ4n) is 1.55. The molecule has 92 valence electrons. The molecule has 0 aromatic carbocycles. The van der Waals surface area contributed by atoms with Crippen LogP contribution in [0.1, 0.15) is 48.7 Å². The molecule has 2 N–H and O–H groups in total. The predicted molar refractivity (Wildman–Crippen MR) is 60.8 cm³/mol. The molecule has 1 aromatic rings. The second-order valence-electron chi connectivity index (χ2n) is 4.44. The molecule has 1 heterocycles. The number of carbonyl (C=O) groups excluding carboxylic acids is 2. The first-order chi connectivity index (χ1) is 8.13. The molecule has 1 aliphatic rings. The van der Waals surface area contributed by atoms with E-state index in [1.165, 1.54) is 0 Å². The molecule has 0 spiro atoms. The fourth-order valence-corrected chi connectivity index (χ4v) is 1.55. The van der Waals surface area contributed by atoms with Crippen molar-refractivity contribution in [3.05, 3.63) is 11.3 Å². The number of carbonyl (C=O) groups is 2. The van der Waals surface area contributed by atoms with Gasteiger partial charge in [0.15, 0.2) is 0 Å². The van der Waals surface area contributed by atoms with E-state index in [1.807, 2.05) is 13.8 Å². The van der Waals surface area contributed by atoms with E-state index in [4.69, 9.17) is 4.52 Å². The fraction of sp³-hybridized carbons (Fsp3) is 0.545. The highest BCUT2D eigenvalue weighted by Crippen LogP contribution is 2.27. The highest BCUT2D eigenvalue weighted by atomic mass is 16.5. The number of rotatable bonds is 5. The van der Waals surface area contributed by atoms with E-state index in [2.05, 4.69) is 15.8 Å². The lowest BCUT2D eigenvalue weighted by atomic mass is 10.1. The van der Waals surface area contributed by atoms with E-state index < -0.39 is 0 Å². The molecular formula is C11H15N3O3. The first-order valence-electron chi connectivity index (χ1n) is 5.64. The molecule has 17 heavy (non-hydrogen) atoms. The van der Waals surface area contributed by atoms with Crippen LogP contribution >= 0.6 is 0 Å². The third kappa shape index (κ3) is 2.46. The van der Waals surface area contributed by atoms with Crippen molar-refractivity contribution in [3.8, 4) is 0 Å². The van der Waals surface area contributed by atoms with Gasteiger partial charge in [0.25, 0.3) is 5.91 Å². The molecule has 0 saturated heterocycles. The summed E-state index contributed by atoms with van der Waals surface area (Å²) in [5, 5.41) is 9.04. The van der Waals surface area contributed by atoms with Gasteiger partial charge in [0.2, 0.25) is 12.3 Å². The Bertz CT molecular complexity index is 435. The van der Waals surface area contributed by atoms with Crippen molar-refractivity contribution in [1.82, 2.24) is 10.5 Å². The maximum Gasteiger partial charge on any atom is 0.259 e. The van der Waals surface area contributed by atoms with Crippen LogP contribution in [0.4, 0.5) is 5.88 Å². The van der Waals surface area contributed by atoms with Crippen LogP contribution in [0.3, 0.4) is 0 Å². The van der Waals surface area contributed by atoms with E-state index in [9.17, 15) is 9.59 Å². The van der Waals surface area contributed by atoms with E-state index in [-0.39, 0.29) is 23.8 Å². The summed E-state index contributed by atoms with van der Waals surface area (Å²) in [7, 11) is 0. The van der Waals surface area contributed by atoms with Crippen LogP contribution in [0.2, 0.25) is 0 Å². The van der Waals surface area contributed by atoms with Crippen molar-refractivity contribution >= 4 is 18.2 Å². The molecule has 1 aromatic heterocycles. The highest BCUT2D eigenvalue weighted by molar-refractivity contribution is 6.01. The van der Waals surface area contributed by atoms with E-state index >= 15 is 0 Å². The molecule has 0 radical (unpaired) electrons. The Morgan fingerprint density at radius 1 is 1.53 bits per heavy atom. The predicted octanol–water partition coefficient (Wildman–Crippen LogP) is 1.26. The van der Waals surface area contributed by atoms with Crippen LogP contribution < -0.4 is 10.6 Å². The molecular weight excluding hydrogens is 222 g/mol. The Morgan fingerprint density at radius 3 is 2.76 bits per heavy atom. The Labute approximate surface area is 98.7 Å². The molecule has 1 saturated carbocycles. The largest absolute Gasteiger partial charge is 0.349 e. The topological polar surface area (TPSA) is 84.2 Å². The number of anilines is 1. The van der Waals surface area contributed by atoms with Crippen LogP contribution in [0.5, 0.6) is 0 Å². The Kier molecular flexibility index (Phi) is 3.12. The Balaban J connectivity index is 2.28. The van der Waals surface area contributed by atoms with Crippen LogP contribution in [-0.2, 0) is 4.79 Å². The van der Waals surface area contributed by atoms with Crippen LogP contribution in [0, 0.1) is 0 Å². The van der Waals surface area contributed by atoms with Gasteiger partial charge >= 0.3 is 0 Å². The van der Waals surface area contributed by atoms with Crippen molar-refractivity contribution in [2.45, 2.75) is 38.6 Å². The van der Waals surface area contributed by atoms with Gasteiger partial charge in [-0.05, 0) is 18.8 Å². The summed E-state index contributed by atoms with van der Waals surface area (Å²) >= 11 is 0. The van der Waals surface area contributed by atoms with Gasteiger partial charge < -0.3 is 9.84 Å². The van der Waals surface area contributed by atoms with Crippen molar-refractivity contribution in [3.63, 3.8) is 0 Å². The summed E-state index contributed by atoms with van der Waals surface area (Å²) in [6, 6.07) is 0.251. The third-order valence-corrected chi connectivity index (χ3v) is 2.60. The lowest BCUT2D eigenvalue weighted by Gasteiger charge is -2.06. The Hall–Kier alpha value is -1.85. The molecule has 1 aliphatic carbocycles. The zero-order chi connectivity index (χ0) is 12.4. The number of aromatic nitrogens is 1. The average molecular weight is 237 g/mol. The van der Waals surface area contributed by atoms with Crippen LogP contribution in [0.25, 0.3) is 0 Å². The lowest BCUT2D eigenvalue weighted by molar-refractivity contribution is -0.105. The summed E-state index contributed by atoms with van der Waals surface area (Å²) in [6.45, 7) is 3.83. The molecule has 1 fully saturated rings. The van der Waals surface area contributed by atoms with Gasteiger partial charge in [-0.25, -0.2) is 0 Å². The molecule has 6 heteroatoms. The van der Waals surface area contributed by atoms with E-state index in [0.29, 0.717) is 17.7 Å². The molecule has 0 aliphatic heterocycles. The van der Waals surface area contributed by atoms with Gasteiger partial charge in [0.1, 0.15) is 11.3 Å². The van der Waals surface area contributed by atoms with Gasteiger partial charge in [-0.15, -0.1) is 0 Å². The minimum Gasteiger partial charge on any atom is -0.349 e. The first-order valence-corrected chi connectivity index (χ1v) is 5.64. The smallest absolute Gasteiger partial charge is 0.259 e. The van der Waals surface area contributed by atoms with E-state index in [1.54, 1.807) is 0 Å². The minimum atomic E-state index is -0.234. The van der Waals surface area contributed by atoms with Crippen molar-refractivity contribution < 1.29 is 14.1 Å². The van der Waals surface area contributed by atoms with Crippen LogP contribution in [0.15, 0.2) is 4.52 Å². The van der Waals surface area contributed by atoms with Crippen LogP contribution in [-0.4, -0.2) is 23.5 Å². The van der Waals surface area contributed by atoms with Crippen molar-refractivity contribution in [2.75, 3.05) is 5.32 Å². The molecule has 6 nitrogen and oxygen atoms in total. The van der Waals surface area contributed by atoms with Gasteiger partial charge in [0, 0.05) is 6.04 Å². The number of nitrogens with zero attached hydrogens (tertiary/aromatic N) is 1. The van der Waals surface area contributed by atoms with Gasteiger partial charge in [-0.2, -0.15) is 0 Å². The zero-order valence-corrected chi connectivity index (χ0v) is 9.82. The lowest BCUT2D eigenvalue weighted by Crippen LogP contribution is -2.27. The molecule has 2 rings (SSSR count). The summed E-state index contributed by atoms with van der Waals surface area (Å²) in [6.07, 6.45) is 2.48. The second-order valence-corrected chi connectivity index (χ2v) is 4.44. The summed E-state index contributed by atoms with van der Waals surface area (Å²) in [5.74, 6) is -0.0652. The SMILES string of the molecule is CC(C)c1noc(NC=O)c1C(=O)NC1CC1. The standard InChI is InChI=1S/C11H15N3O3/c1-6(2)9-8(10(16)13-7-3-4-7)11(12-5-15)17-14-9/h5-7H,3-4H2,1-2H3,(H,12,15)(H,13,16).